The first-order valence-electron chi connectivity index (χ1n) is 9.98. The van der Waals surface area contributed by atoms with Gasteiger partial charge in [0.05, 0.1) is 5.75 Å². The average Bonchev–Trinajstić information content (AvgIpc) is 2.69. The Labute approximate surface area is 186 Å². The van der Waals surface area contributed by atoms with Gasteiger partial charge in [0.1, 0.15) is 11.1 Å². The highest BCUT2D eigenvalue weighted by Gasteiger charge is 2.26. The molecule has 0 fully saturated rings. The minimum Gasteiger partial charge on any atom is -0.504 e. The summed E-state index contributed by atoms with van der Waals surface area (Å²) in [6.45, 7) is 5.63. The number of carbonyl (C=O) groups excluding carboxylic acids is 1. The van der Waals surface area contributed by atoms with Crippen molar-refractivity contribution in [3.05, 3.63) is 24.0 Å². The molecule has 2 heterocycles. The third-order valence-electron chi connectivity index (χ3n) is 4.38. The highest BCUT2D eigenvalue weighted by atomic mass is 32.2. The van der Waals surface area contributed by atoms with Crippen LogP contribution in [0.2, 0.25) is 0 Å². The van der Waals surface area contributed by atoms with Gasteiger partial charge in [-0.3, -0.25) is 9.29 Å². The van der Waals surface area contributed by atoms with E-state index in [1.807, 2.05) is 0 Å². The number of sulfonamides is 1. The van der Waals surface area contributed by atoms with E-state index in [9.17, 15) is 28.2 Å². The standard InChI is InChI=1S/C20H28N4O7S/c1-20(2,3)31-19(28)22-10-6-5-7-12-32(29,30)24(4)17-13-9-8-11-21-14(13)16(25)15(23-17)18(26)27/h8-9,11,25H,5-7,10,12H2,1-4H3,(H,22,28)(H,26,27). The number of fused-ring (bicyclic) bond motifs is 1. The third-order valence-corrected chi connectivity index (χ3v) is 6.19. The number of hydrogen-bond acceptors (Lipinski definition) is 8. The van der Waals surface area contributed by atoms with Crippen molar-refractivity contribution < 1.29 is 33.0 Å². The molecule has 2 aromatic rings. The molecule has 0 saturated carbocycles. The van der Waals surface area contributed by atoms with Crippen LogP contribution in [0.1, 0.15) is 50.5 Å². The van der Waals surface area contributed by atoms with Crippen LogP contribution in [0.3, 0.4) is 0 Å². The molecular weight excluding hydrogens is 440 g/mol. The van der Waals surface area contributed by atoms with Crippen molar-refractivity contribution in [1.82, 2.24) is 15.3 Å². The third kappa shape index (κ3) is 6.42. The van der Waals surface area contributed by atoms with E-state index in [4.69, 9.17) is 4.74 Å². The first kappa shape index (κ1) is 25.1. The summed E-state index contributed by atoms with van der Waals surface area (Å²) in [5.41, 5.74) is -1.32. The number of carbonyl (C=O) groups is 2. The van der Waals surface area contributed by atoms with Gasteiger partial charge in [-0.05, 0) is 45.7 Å². The highest BCUT2D eigenvalue weighted by Crippen LogP contribution is 2.33. The molecule has 0 saturated heterocycles. The quantitative estimate of drug-likeness (QED) is 0.470. The Bertz CT molecular complexity index is 1100. The number of nitrogens with zero attached hydrogens (tertiary/aromatic N) is 3. The molecule has 12 heteroatoms. The van der Waals surface area contributed by atoms with Gasteiger partial charge in [0.15, 0.2) is 17.3 Å². The Morgan fingerprint density at radius 3 is 2.53 bits per heavy atom. The summed E-state index contributed by atoms with van der Waals surface area (Å²) in [6.07, 6.45) is 2.25. The van der Waals surface area contributed by atoms with E-state index in [-0.39, 0.29) is 22.5 Å². The Hall–Kier alpha value is -3.15. The van der Waals surface area contributed by atoms with Crippen LogP contribution < -0.4 is 9.62 Å². The maximum absolute atomic E-state index is 12.8. The molecule has 0 aliphatic carbocycles. The van der Waals surface area contributed by atoms with Gasteiger partial charge in [-0.25, -0.2) is 23.0 Å². The zero-order chi connectivity index (χ0) is 24.1. The van der Waals surface area contributed by atoms with Crippen molar-refractivity contribution in [2.45, 2.75) is 45.6 Å². The maximum Gasteiger partial charge on any atom is 0.407 e. The number of amides is 1. The summed E-state index contributed by atoms with van der Waals surface area (Å²) in [6, 6.07) is 3.04. The molecule has 0 unspecified atom stereocenters. The average molecular weight is 469 g/mol. The highest BCUT2D eigenvalue weighted by molar-refractivity contribution is 7.92. The number of rotatable bonds is 9. The summed E-state index contributed by atoms with van der Waals surface area (Å²) in [4.78, 5) is 30.9. The molecule has 176 valence electrons. The van der Waals surface area contributed by atoms with Gasteiger partial charge >= 0.3 is 12.1 Å². The molecule has 0 bridgehead atoms. The molecule has 1 amide bonds. The minimum absolute atomic E-state index is 0.0508. The van der Waals surface area contributed by atoms with Gasteiger partial charge in [0.2, 0.25) is 10.0 Å². The fraction of sp³-hybridized carbons (Fsp3) is 0.500. The lowest BCUT2D eigenvalue weighted by molar-refractivity contribution is 0.0526. The number of aromatic hydroxyl groups is 1. The van der Waals surface area contributed by atoms with Gasteiger partial charge in [0, 0.05) is 25.2 Å². The topological polar surface area (TPSA) is 159 Å². The molecule has 2 aromatic heterocycles. The number of anilines is 1. The molecule has 2 rings (SSSR count). The molecule has 0 spiro atoms. The summed E-state index contributed by atoms with van der Waals surface area (Å²) >= 11 is 0. The lowest BCUT2D eigenvalue weighted by Gasteiger charge is -2.21. The monoisotopic (exact) mass is 468 g/mol. The fourth-order valence-corrected chi connectivity index (χ4v) is 4.10. The van der Waals surface area contributed by atoms with Crippen molar-refractivity contribution in [3.8, 4) is 5.75 Å². The van der Waals surface area contributed by atoms with Crippen LogP contribution >= 0.6 is 0 Å². The lowest BCUT2D eigenvalue weighted by atomic mass is 10.2. The molecule has 3 N–H and O–H groups in total. The van der Waals surface area contributed by atoms with E-state index in [0.717, 1.165) is 4.31 Å². The molecular formula is C20H28N4O7S. The molecule has 0 aliphatic heterocycles. The molecule has 0 radical (unpaired) electrons. The Kier molecular flexibility index (Phi) is 7.83. The maximum atomic E-state index is 12.8. The first-order valence-corrected chi connectivity index (χ1v) is 11.6. The minimum atomic E-state index is -3.83. The Balaban J connectivity index is 2.03. The molecule has 0 aromatic carbocycles. The van der Waals surface area contributed by atoms with E-state index in [2.05, 4.69) is 15.3 Å². The Morgan fingerprint density at radius 2 is 1.91 bits per heavy atom. The van der Waals surface area contributed by atoms with Crippen LogP contribution in [0.5, 0.6) is 5.75 Å². The number of unbranched alkanes of at least 4 members (excludes halogenated alkanes) is 2. The normalized spacial score (nSPS) is 11.9. The number of hydrogen-bond donors (Lipinski definition) is 3. The van der Waals surface area contributed by atoms with Crippen LogP contribution in [0.15, 0.2) is 18.3 Å². The SMILES string of the molecule is CN(c1nc(C(=O)O)c(O)c2ncccc12)S(=O)(=O)CCCCCNC(=O)OC(C)(C)C. The summed E-state index contributed by atoms with van der Waals surface area (Å²) in [7, 11) is -2.56. The number of carboxylic acid groups (broad SMARTS) is 1. The number of aromatic carboxylic acids is 1. The van der Waals surface area contributed by atoms with Crippen molar-refractivity contribution in [2.24, 2.45) is 0 Å². The molecule has 32 heavy (non-hydrogen) atoms. The second-order valence-corrected chi connectivity index (χ2v) is 10.2. The molecule has 0 aliphatic rings. The Morgan fingerprint density at radius 1 is 1.22 bits per heavy atom. The number of carboxylic acids is 1. The molecule has 11 nitrogen and oxygen atoms in total. The van der Waals surface area contributed by atoms with Crippen LogP contribution in [0.4, 0.5) is 10.6 Å². The van der Waals surface area contributed by atoms with Crippen molar-refractivity contribution in [1.29, 1.82) is 0 Å². The smallest absolute Gasteiger partial charge is 0.407 e. The fourth-order valence-electron chi connectivity index (χ4n) is 2.85. The largest absolute Gasteiger partial charge is 0.504 e. The zero-order valence-electron chi connectivity index (χ0n) is 18.5. The number of aromatic nitrogens is 2. The van der Waals surface area contributed by atoms with E-state index < -0.39 is 39.1 Å². The van der Waals surface area contributed by atoms with Gasteiger partial charge in [-0.2, -0.15) is 0 Å². The predicted molar refractivity (Wildman–Crippen MR) is 118 cm³/mol. The van der Waals surface area contributed by atoms with Crippen LogP contribution in [-0.2, 0) is 14.8 Å². The number of pyridine rings is 2. The van der Waals surface area contributed by atoms with Crippen molar-refractivity contribution in [3.63, 3.8) is 0 Å². The van der Waals surface area contributed by atoms with E-state index in [1.54, 1.807) is 20.8 Å². The number of nitrogens with one attached hydrogen (secondary N) is 1. The number of alkyl carbamates (subject to hydrolysis) is 1. The summed E-state index contributed by atoms with van der Waals surface area (Å²) < 4.78 is 31.6. The predicted octanol–water partition coefficient (Wildman–Crippen LogP) is 2.49. The van der Waals surface area contributed by atoms with Gasteiger partial charge in [-0.15, -0.1) is 0 Å². The molecule has 0 atom stereocenters. The summed E-state index contributed by atoms with van der Waals surface area (Å²) in [5.74, 6) is -2.46. The van der Waals surface area contributed by atoms with Gasteiger partial charge in [-0.1, -0.05) is 6.42 Å². The second-order valence-electron chi connectivity index (χ2n) is 8.11. The first-order chi connectivity index (χ1) is 14.8. The van der Waals surface area contributed by atoms with Crippen LogP contribution in [0, 0.1) is 0 Å². The van der Waals surface area contributed by atoms with E-state index in [0.29, 0.717) is 25.8 Å². The van der Waals surface area contributed by atoms with Crippen molar-refractivity contribution >= 4 is 38.8 Å². The van der Waals surface area contributed by atoms with E-state index >= 15 is 0 Å². The van der Waals surface area contributed by atoms with Crippen LogP contribution in [-0.4, -0.2) is 65.6 Å². The lowest BCUT2D eigenvalue weighted by Crippen LogP contribution is -2.33. The van der Waals surface area contributed by atoms with Gasteiger partial charge in [0.25, 0.3) is 0 Å². The zero-order valence-corrected chi connectivity index (χ0v) is 19.3. The van der Waals surface area contributed by atoms with E-state index in [1.165, 1.54) is 25.4 Å². The van der Waals surface area contributed by atoms with Crippen LogP contribution in [0.25, 0.3) is 10.9 Å². The summed E-state index contributed by atoms with van der Waals surface area (Å²) in [5, 5.41) is 22.3. The second kappa shape index (κ2) is 9.98. The van der Waals surface area contributed by atoms with Gasteiger partial charge < -0.3 is 20.3 Å². The number of ether oxygens (including phenoxy) is 1. The van der Waals surface area contributed by atoms with Crippen molar-refractivity contribution in [2.75, 3.05) is 23.7 Å².